The Morgan fingerprint density at radius 2 is 2.07 bits per heavy atom. The minimum atomic E-state index is 0.153. The summed E-state index contributed by atoms with van der Waals surface area (Å²) < 4.78 is 5.80. The Bertz CT molecular complexity index is 437. The average molecular weight is 299 g/mol. The molecule has 1 aromatic heterocycles. The SMILES string of the molecule is CC(I)Oc1cccc2cccnc12. The number of ether oxygens (including phenoxy) is 1. The number of rotatable bonds is 2. The van der Waals surface area contributed by atoms with Gasteiger partial charge < -0.3 is 4.74 Å². The molecule has 3 heteroatoms. The van der Waals surface area contributed by atoms with Crippen molar-refractivity contribution in [1.82, 2.24) is 4.98 Å². The van der Waals surface area contributed by atoms with E-state index in [1.54, 1.807) is 6.20 Å². The van der Waals surface area contributed by atoms with Crippen molar-refractivity contribution in [2.45, 2.75) is 11.0 Å². The molecule has 1 heterocycles. The summed E-state index contributed by atoms with van der Waals surface area (Å²) in [6.07, 6.45) is 1.78. The molecule has 2 aromatic rings. The van der Waals surface area contributed by atoms with Gasteiger partial charge in [0.05, 0.1) is 0 Å². The molecule has 0 aliphatic heterocycles. The minimum absolute atomic E-state index is 0.153. The maximum Gasteiger partial charge on any atom is 0.147 e. The van der Waals surface area contributed by atoms with E-state index in [9.17, 15) is 0 Å². The number of para-hydroxylation sites is 1. The molecule has 1 unspecified atom stereocenters. The lowest BCUT2D eigenvalue weighted by Gasteiger charge is -2.09. The van der Waals surface area contributed by atoms with E-state index >= 15 is 0 Å². The Morgan fingerprint density at radius 1 is 1.29 bits per heavy atom. The summed E-state index contributed by atoms with van der Waals surface area (Å²) in [6, 6.07) is 9.93. The van der Waals surface area contributed by atoms with Gasteiger partial charge in [-0.1, -0.05) is 18.2 Å². The second kappa shape index (κ2) is 4.13. The summed E-state index contributed by atoms with van der Waals surface area (Å²) in [7, 11) is 0. The Balaban J connectivity index is 2.53. The van der Waals surface area contributed by atoms with Crippen LogP contribution in [0.15, 0.2) is 36.5 Å². The van der Waals surface area contributed by atoms with Crippen molar-refractivity contribution in [3.8, 4) is 5.75 Å². The zero-order valence-electron chi connectivity index (χ0n) is 7.77. The van der Waals surface area contributed by atoms with Gasteiger partial charge in [0.2, 0.25) is 0 Å². The molecule has 0 saturated heterocycles. The smallest absolute Gasteiger partial charge is 0.147 e. The fourth-order valence-corrected chi connectivity index (χ4v) is 1.62. The second-order valence-corrected chi connectivity index (χ2v) is 4.75. The van der Waals surface area contributed by atoms with E-state index in [0.717, 1.165) is 16.7 Å². The molecule has 1 aromatic carbocycles. The zero-order valence-corrected chi connectivity index (χ0v) is 9.93. The first kappa shape index (κ1) is 9.71. The van der Waals surface area contributed by atoms with E-state index < -0.39 is 0 Å². The maximum absolute atomic E-state index is 5.65. The molecule has 0 fully saturated rings. The minimum Gasteiger partial charge on any atom is -0.478 e. The normalized spacial score (nSPS) is 12.7. The lowest BCUT2D eigenvalue weighted by atomic mass is 10.2. The predicted octanol–water partition coefficient (Wildman–Crippen LogP) is 3.39. The van der Waals surface area contributed by atoms with Crippen molar-refractivity contribution < 1.29 is 4.74 Å². The first-order valence-corrected chi connectivity index (χ1v) is 5.66. The monoisotopic (exact) mass is 299 g/mol. The van der Waals surface area contributed by atoms with Crippen LogP contribution >= 0.6 is 22.6 Å². The third-order valence-electron chi connectivity index (χ3n) is 1.89. The van der Waals surface area contributed by atoms with Gasteiger partial charge in [0.15, 0.2) is 0 Å². The molecule has 0 saturated carbocycles. The molecule has 0 aliphatic rings. The number of benzene rings is 1. The number of hydrogen-bond donors (Lipinski definition) is 0. The van der Waals surface area contributed by atoms with Gasteiger partial charge in [-0.2, -0.15) is 0 Å². The number of fused-ring (bicyclic) bond motifs is 1. The predicted molar refractivity (Wildman–Crippen MR) is 65.9 cm³/mol. The average Bonchev–Trinajstić information content (AvgIpc) is 2.18. The van der Waals surface area contributed by atoms with Gasteiger partial charge in [-0.25, -0.2) is 0 Å². The molecule has 14 heavy (non-hydrogen) atoms. The molecule has 0 amide bonds. The summed E-state index contributed by atoms with van der Waals surface area (Å²) in [5.41, 5.74) is 0.929. The van der Waals surface area contributed by atoms with E-state index in [1.807, 2.05) is 37.3 Å². The van der Waals surface area contributed by atoms with Gasteiger partial charge in [0.25, 0.3) is 0 Å². The van der Waals surface area contributed by atoms with Crippen LogP contribution in [0.2, 0.25) is 0 Å². The summed E-state index contributed by atoms with van der Waals surface area (Å²) in [6.45, 7) is 2.00. The van der Waals surface area contributed by atoms with Crippen LogP contribution in [0, 0.1) is 0 Å². The first-order valence-electron chi connectivity index (χ1n) is 4.42. The molecule has 0 radical (unpaired) electrons. The van der Waals surface area contributed by atoms with Crippen LogP contribution in [0.3, 0.4) is 0 Å². The van der Waals surface area contributed by atoms with Crippen LogP contribution in [-0.2, 0) is 0 Å². The molecule has 0 N–H and O–H groups in total. The van der Waals surface area contributed by atoms with E-state index in [0.29, 0.717) is 0 Å². The molecule has 2 rings (SSSR count). The van der Waals surface area contributed by atoms with E-state index in [-0.39, 0.29) is 4.11 Å². The molecule has 0 bridgehead atoms. The largest absolute Gasteiger partial charge is 0.478 e. The Morgan fingerprint density at radius 3 is 2.86 bits per heavy atom. The highest BCUT2D eigenvalue weighted by Gasteiger charge is 2.04. The van der Waals surface area contributed by atoms with Gasteiger partial charge in [-0.15, -0.1) is 0 Å². The highest BCUT2D eigenvalue weighted by molar-refractivity contribution is 14.1. The quantitative estimate of drug-likeness (QED) is 0.626. The summed E-state index contributed by atoms with van der Waals surface area (Å²) in [4.78, 5) is 4.31. The lowest BCUT2D eigenvalue weighted by molar-refractivity contribution is 0.326. The maximum atomic E-state index is 5.65. The number of pyridine rings is 1. The Hall–Kier alpha value is -0.840. The van der Waals surface area contributed by atoms with Crippen molar-refractivity contribution in [2.24, 2.45) is 0 Å². The second-order valence-electron chi connectivity index (χ2n) is 2.99. The summed E-state index contributed by atoms with van der Waals surface area (Å²) >= 11 is 2.23. The molecule has 72 valence electrons. The molecular formula is C11H10INO. The van der Waals surface area contributed by atoms with Crippen LogP contribution in [0.1, 0.15) is 6.92 Å². The number of hydrogen-bond acceptors (Lipinski definition) is 2. The van der Waals surface area contributed by atoms with Crippen LogP contribution < -0.4 is 4.74 Å². The van der Waals surface area contributed by atoms with Crippen LogP contribution in [0.25, 0.3) is 10.9 Å². The van der Waals surface area contributed by atoms with Crippen molar-refractivity contribution >= 4 is 33.5 Å². The van der Waals surface area contributed by atoms with Crippen LogP contribution in [0.5, 0.6) is 5.75 Å². The number of aromatic nitrogens is 1. The van der Waals surface area contributed by atoms with Crippen LogP contribution in [0.4, 0.5) is 0 Å². The van der Waals surface area contributed by atoms with Crippen molar-refractivity contribution in [3.63, 3.8) is 0 Å². The van der Waals surface area contributed by atoms with Crippen LogP contribution in [-0.4, -0.2) is 9.09 Å². The molecular weight excluding hydrogens is 289 g/mol. The number of nitrogens with zero attached hydrogens (tertiary/aromatic N) is 1. The van der Waals surface area contributed by atoms with Gasteiger partial charge in [-0.3, -0.25) is 4.98 Å². The van der Waals surface area contributed by atoms with Crippen molar-refractivity contribution in [2.75, 3.05) is 0 Å². The zero-order chi connectivity index (χ0) is 9.97. The van der Waals surface area contributed by atoms with Crippen molar-refractivity contribution in [3.05, 3.63) is 36.5 Å². The fraction of sp³-hybridized carbons (Fsp3) is 0.182. The third-order valence-corrected chi connectivity index (χ3v) is 2.14. The summed E-state index contributed by atoms with van der Waals surface area (Å²) in [5, 5.41) is 1.11. The molecule has 1 atom stereocenters. The van der Waals surface area contributed by atoms with Gasteiger partial charge >= 0.3 is 0 Å². The molecule has 0 aliphatic carbocycles. The topological polar surface area (TPSA) is 22.1 Å². The number of halogens is 1. The van der Waals surface area contributed by atoms with E-state index in [2.05, 4.69) is 27.6 Å². The number of alkyl halides is 1. The van der Waals surface area contributed by atoms with Gasteiger partial charge in [-0.05, 0) is 41.6 Å². The lowest BCUT2D eigenvalue weighted by Crippen LogP contribution is -2.02. The summed E-state index contributed by atoms with van der Waals surface area (Å²) in [5.74, 6) is 0.852. The van der Waals surface area contributed by atoms with Crippen molar-refractivity contribution in [1.29, 1.82) is 0 Å². The van der Waals surface area contributed by atoms with E-state index in [4.69, 9.17) is 4.74 Å². The third kappa shape index (κ3) is 1.97. The first-order chi connectivity index (χ1) is 6.77. The highest BCUT2D eigenvalue weighted by Crippen LogP contribution is 2.24. The van der Waals surface area contributed by atoms with E-state index in [1.165, 1.54) is 0 Å². The van der Waals surface area contributed by atoms with Gasteiger partial charge in [0, 0.05) is 11.6 Å². The molecule has 0 spiro atoms. The Kier molecular flexibility index (Phi) is 2.86. The standard InChI is InChI=1S/C11H10INO/c1-8(12)14-10-6-2-4-9-5-3-7-13-11(9)10/h2-8H,1H3. The highest BCUT2D eigenvalue weighted by atomic mass is 127. The van der Waals surface area contributed by atoms with Gasteiger partial charge in [0.1, 0.15) is 15.4 Å². The Labute approximate surface area is 96.4 Å². The fourth-order valence-electron chi connectivity index (χ4n) is 1.35. The molecule has 2 nitrogen and oxygen atoms in total.